The Hall–Kier alpha value is -1.64. The molecule has 0 aromatic heterocycles. The molecule has 2 aromatic carbocycles. The highest BCUT2D eigenvalue weighted by Gasteiger charge is 2.32. The average molecular weight is 295 g/mol. The predicted octanol–water partition coefficient (Wildman–Crippen LogP) is 4.26. The van der Waals surface area contributed by atoms with Gasteiger partial charge in [0.25, 0.3) is 0 Å². The third-order valence-corrected chi connectivity index (χ3v) is 4.65. The summed E-state index contributed by atoms with van der Waals surface area (Å²) < 4.78 is 5.74. The van der Waals surface area contributed by atoms with E-state index >= 15 is 0 Å². The molecule has 0 unspecified atom stereocenters. The van der Waals surface area contributed by atoms with Gasteiger partial charge in [-0.2, -0.15) is 0 Å². The van der Waals surface area contributed by atoms with Crippen LogP contribution in [0.25, 0.3) is 0 Å². The highest BCUT2D eigenvalue weighted by Crippen LogP contribution is 2.29. The minimum Gasteiger partial charge on any atom is -0.380 e. The second kappa shape index (κ2) is 7.57. The van der Waals surface area contributed by atoms with E-state index in [1.807, 2.05) is 7.11 Å². The summed E-state index contributed by atoms with van der Waals surface area (Å²) in [5.41, 5.74) is 2.75. The third-order valence-electron chi connectivity index (χ3n) is 4.65. The first-order valence-electron chi connectivity index (χ1n) is 8.21. The smallest absolute Gasteiger partial charge is 0.0726 e. The largest absolute Gasteiger partial charge is 0.380 e. The van der Waals surface area contributed by atoms with Crippen molar-refractivity contribution >= 4 is 0 Å². The number of benzene rings is 2. The Morgan fingerprint density at radius 1 is 0.864 bits per heavy atom. The zero-order valence-electron chi connectivity index (χ0n) is 13.3. The summed E-state index contributed by atoms with van der Waals surface area (Å²) in [4.78, 5) is 2.59. The second-order valence-corrected chi connectivity index (χ2v) is 6.15. The van der Waals surface area contributed by atoms with Gasteiger partial charge in [0, 0.05) is 26.2 Å². The quantitative estimate of drug-likeness (QED) is 0.789. The van der Waals surface area contributed by atoms with E-state index in [4.69, 9.17) is 4.74 Å². The summed E-state index contributed by atoms with van der Waals surface area (Å²) in [5, 5.41) is 0. The normalized spacial score (nSPS) is 21.4. The zero-order valence-corrected chi connectivity index (χ0v) is 13.3. The summed E-state index contributed by atoms with van der Waals surface area (Å²) in [6.07, 6.45) is 4.05. The Bertz CT molecular complexity index is 513. The van der Waals surface area contributed by atoms with Gasteiger partial charge < -0.3 is 4.74 Å². The molecule has 3 rings (SSSR count). The molecular weight excluding hydrogens is 270 g/mol. The van der Waals surface area contributed by atoms with Crippen molar-refractivity contribution in [3.8, 4) is 0 Å². The van der Waals surface area contributed by atoms with Gasteiger partial charge in [0.1, 0.15) is 0 Å². The molecule has 116 valence electrons. The van der Waals surface area contributed by atoms with Crippen molar-refractivity contribution in [2.75, 3.05) is 7.11 Å². The number of hydrogen-bond acceptors (Lipinski definition) is 2. The first kappa shape index (κ1) is 15.3. The molecule has 2 nitrogen and oxygen atoms in total. The van der Waals surface area contributed by atoms with Gasteiger partial charge in [-0.3, -0.25) is 4.90 Å². The Labute approximate surface area is 133 Å². The molecule has 0 N–H and O–H groups in total. The van der Waals surface area contributed by atoms with Gasteiger partial charge in [0.15, 0.2) is 0 Å². The first-order chi connectivity index (χ1) is 10.9. The molecule has 2 atom stereocenters. The number of hydrogen-bond donors (Lipinski definition) is 0. The lowest BCUT2D eigenvalue weighted by Crippen LogP contribution is -2.40. The van der Waals surface area contributed by atoms with Crippen molar-refractivity contribution in [3.63, 3.8) is 0 Å². The minimum atomic E-state index is 0.368. The van der Waals surface area contributed by atoms with E-state index in [1.165, 1.54) is 30.4 Å². The molecule has 0 radical (unpaired) electrons. The van der Waals surface area contributed by atoms with Gasteiger partial charge in [0.05, 0.1) is 6.10 Å². The molecule has 1 aliphatic carbocycles. The van der Waals surface area contributed by atoms with Crippen LogP contribution < -0.4 is 0 Å². The molecule has 0 aliphatic heterocycles. The monoisotopic (exact) mass is 295 g/mol. The number of ether oxygens (including phenoxy) is 1. The van der Waals surface area contributed by atoms with Crippen molar-refractivity contribution in [2.24, 2.45) is 0 Å². The van der Waals surface area contributed by atoms with Crippen LogP contribution >= 0.6 is 0 Å². The van der Waals surface area contributed by atoms with Gasteiger partial charge in [-0.15, -0.1) is 0 Å². The zero-order chi connectivity index (χ0) is 15.2. The van der Waals surface area contributed by atoms with Crippen molar-refractivity contribution in [2.45, 2.75) is 44.5 Å². The first-order valence-corrected chi connectivity index (χ1v) is 8.21. The fourth-order valence-electron chi connectivity index (χ4n) is 3.53. The van der Waals surface area contributed by atoms with Gasteiger partial charge in [-0.1, -0.05) is 60.7 Å². The molecule has 1 saturated carbocycles. The van der Waals surface area contributed by atoms with E-state index in [0.29, 0.717) is 12.1 Å². The topological polar surface area (TPSA) is 12.5 Å². The second-order valence-electron chi connectivity index (χ2n) is 6.15. The average Bonchev–Trinajstić information content (AvgIpc) is 3.05. The van der Waals surface area contributed by atoms with E-state index in [9.17, 15) is 0 Å². The molecule has 0 amide bonds. The van der Waals surface area contributed by atoms with Crippen molar-refractivity contribution in [1.82, 2.24) is 4.90 Å². The summed E-state index contributed by atoms with van der Waals surface area (Å²) in [5.74, 6) is 0. The summed E-state index contributed by atoms with van der Waals surface area (Å²) in [6, 6.07) is 22.0. The summed E-state index contributed by atoms with van der Waals surface area (Å²) in [6.45, 7) is 1.97. The fraction of sp³-hybridized carbons (Fsp3) is 0.400. The van der Waals surface area contributed by atoms with Gasteiger partial charge in [0.2, 0.25) is 0 Å². The molecule has 0 spiro atoms. The van der Waals surface area contributed by atoms with Crippen LogP contribution in [-0.4, -0.2) is 24.2 Å². The molecule has 1 aliphatic rings. The van der Waals surface area contributed by atoms with E-state index in [1.54, 1.807) is 0 Å². The molecular formula is C20H25NO. The predicted molar refractivity (Wildman–Crippen MR) is 90.6 cm³/mol. The lowest BCUT2D eigenvalue weighted by atomic mass is 10.1. The van der Waals surface area contributed by atoms with Crippen LogP contribution in [0.15, 0.2) is 60.7 Å². The van der Waals surface area contributed by atoms with E-state index in [0.717, 1.165) is 13.1 Å². The van der Waals surface area contributed by atoms with Crippen LogP contribution in [0, 0.1) is 0 Å². The maximum Gasteiger partial charge on any atom is 0.0726 e. The van der Waals surface area contributed by atoms with Crippen LogP contribution in [0.4, 0.5) is 0 Å². The van der Waals surface area contributed by atoms with Crippen LogP contribution in [0.5, 0.6) is 0 Å². The number of methoxy groups -OCH3 is 1. The minimum absolute atomic E-state index is 0.368. The van der Waals surface area contributed by atoms with Gasteiger partial charge >= 0.3 is 0 Å². The van der Waals surface area contributed by atoms with Crippen LogP contribution in [0.1, 0.15) is 30.4 Å². The SMILES string of the molecule is CO[C@@H]1CCC[C@H]1N(Cc1ccccc1)Cc1ccccc1. The van der Waals surface area contributed by atoms with Crippen LogP contribution in [0.3, 0.4) is 0 Å². The molecule has 22 heavy (non-hydrogen) atoms. The van der Waals surface area contributed by atoms with Crippen LogP contribution in [-0.2, 0) is 17.8 Å². The fourth-order valence-corrected chi connectivity index (χ4v) is 3.53. The maximum atomic E-state index is 5.74. The van der Waals surface area contributed by atoms with E-state index in [-0.39, 0.29) is 0 Å². The van der Waals surface area contributed by atoms with Crippen molar-refractivity contribution < 1.29 is 4.74 Å². The summed E-state index contributed by atoms with van der Waals surface area (Å²) >= 11 is 0. The van der Waals surface area contributed by atoms with Crippen LogP contribution in [0.2, 0.25) is 0 Å². The van der Waals surface area contributed by atoms with Gasteiger partial charge in [-0.25, -0.2) is 0 Å². The van der Waals surface area contributed by atoms with E-state index < -0.39 is 0 Å². The number of nitrogens with zero attached hydrogens (tertiary/aromatic N) is 1. The van der Waals surface area contributed by atoms with Crippen molar-refractivity contribution in [3.05, 3.63) is 71.8 Å². The molecule has 0 bridgehead atoms. The summed E-state index contributed by atoms with van der Waals surface area (Å²) in [7, 11) is 1.85. The molecule has 1 fully saturated rings. The highest BCUT2D eigenvalue weighted by atomic mass is 16.5. The molecule has 0 heterocycles. The molecule has 2 heteroatoms. The maximum absolute atomic E-state index is 5.74. The molecule has 2 aromatic rings. The van der Waals surface area contributed by atoms with Gasteiger partial charge in [-0.05, 0) is 30.4 Å². The molecule has 0 saturated heterocycles. The standard InChI is InChI=1S/C20H25NO/c1-22-20-14-8-13-19(20)21(15-17-9-4-2-5-10-17)16-18-11-6-3-7-12-18/h2-7,9-12,19-20H,8,13-16H2,1H3/t19-,20-/m1/s1. The lowest BCUT2D eigenvalue weighted by molar-refractivity contribution is 0.0257. The third kappa shape index (κ3) is 3.76. The lowest BCUT2D eigenvalue weighted by Gasteiger charge is -2.32. The van der Waals surface area contributed by atoms with Crippen molar-refractivity contribution in [1.29, 1.82) is 0 Å². The Morgan fingerprint density at radius 3 is 1.91 bits per heavy atom. The van der Waals surface area contributed by atoms with E-state index in [2.05, 4.69) is 65.6 Å². The Balaban J connectivity index is 1.78. The Morgan fingerprint density at radius 2 is 1.41 bits per heavy atom. The Kier molecular flexibility index (Phi) is 5.25. The highest BCUT2D eigenvalue weighted by molar-refractivity contribution is 5.17. The number of rotatable bonds is 6.